The molecule has 2 saturated heterocycles. The predicted molar refractivity (Wildman–Crippen MR) is 306 cm³/mol. The van der Waals surface area contributed by atoms with E-state index in [9.17, 15) is 10.1 Å². The van der Waals surface area contributed by atoms with E-state index in [0.29, 0.717) is 28.2 Å². The third-order valence-electron chi connectivity index (χ3n) is 15.3. The summed E-state index contributed by atoms with van der Waals surface area (Å²) in [5, 5.41) is 12.7. The second kappa shape index (κ2) is 23.6. The Morgan fingerprint density at radius 3 is 1.95 bits per heavy atom. The van der Waals surface area contributed by atoms with Crippen LogP contribution in [0, 0.1) is 11.3 Å². The van der Waals surface area contributed by atoms with Gasteiger partial charge in [-0.05, 0) is 103 Å². The number of anilines is 1. The zero-order valence-corrected chi connectivity index (χ0v) is 46.8. The third-order valence-corrected chi connectivity index (χ3v) is 17.4. The molecular weight excluding hydrogens is 1040 g/mol. The molecule has 2 amide bonds. The van der Waals surface area contributed by atoms with E-state index in [1.54, 1.807) is 54.3 Å². The van der Waals surface area contributed by atoms with Crippen LogP contribution in [0.15, 0.2) is 170 Å². The first-order valence-corrected chi connectivity index (χ1v) is 28.2. The van der Waals surface area contributed by atoms with Crippen molar-refractivity contribution in [2.24, 2.45) is 0 Å². The number of fused-ring (bicyclic) bond motifs is 6. The Kier molecular flexibility index (Phi) is 16.0. The fourth-order valence-electron chi connectivity index (χ4n) is 11.7. The molecule has 1 unspecified atom stereocenters. The fourth-order valence-corrected chi connectivity index (χ4v) is 13.5. The molecule has 5 atom stereocenters. The van der Waals surface area contributed by atoms with Crippen molar-refractivity contribution in [1.29, 1.82) is 5.26 Å². The Balaban J connectivity index is 1.07. The van der Waals surface area contributed by atoms with Crippen LogP contribution in [0.3, 0.4) is 0 Å². The first-order valence-electron chi connectivity index (χ1n) is 27.1. The number of methoxy groups -OCH3 is 2. The lowest BCUT2D eigenvalue weighted by Gasteiger charge is -2.42. The molecular formula is C63H63N8O9P. The number of nitrogens with one attached hydrogen (secondary N) is 1. The standard InChI is InChI=1S/C63H63N8O9P/c1-41(2)71(42(3)4)81(78-35-17-34-64)80-56-55-60(70-40-67-54-57(65-39-66-58(54)70)68-59(72)43-18-9-7-10-19-43)79-62(56,37-69(55)61(73)76-36-53-51-24-15-13-22-49(51)50-23-14-16-25-52(50)53)38-77-63(44-20-11-8-12-21-44,45-26-30-47(74-5)31-27-45)46-28-32-48(75-6)33-29-46/h7-16,18-33,39-42,53,55-56,60H,17,35-38H2,1-6H3,(H,65,66,68,72)/t55-,56+,60+,62-,81?/m0/s1. The number of imidazole rings is 1. The molecule has 2 aromatic heterocycles. The van der Waals surface area contributed by atoms with Gasteiger partial charge in [0, 0.05) is 23.6 Å². The molecule has 6 aromatic carbocycles. The molecule has 81 heavy (non-hydrogen) atoms. The summed E-state index contributed by atoms with van der Waals surface area (Å²) in [5.41, 5.74) is 4.92. The van der Waals surface area contributed by atoms with Crippen LogP contribution in [0.1, 0.15) is 84.4 Å². The highest BCUT2D eigenvalue weighted by molar-refractivity contribution is 7.44. The SMILES string of the molecule is COc1ccc(C(OC[C@]23CN(C(=O)OCC4c5ccccc5-c5ccccc54)[C@H]([C@H](n4cnc5c(NC(=O)c6ccccc6)ncnc54)O2)[C@H]3OP(OCCC#N)N(C(C)C)C(C)C)(c2ccccc2)c2ccc(OC)cc2)cc1. The van der Waals surface area contributed by atoms with Gasteiger partial charge in [0.25, 0.3) is 14.4 Å². The van der Waals surface area contributed by atoms with Gasteiger partial charge in [0.1, 0.15) is 47.8 Å². The number of carbonyl (C=O) groups is 2. The Bertz CT molecular complexity index is 3450. The van der Waals surface area contributed by atoms with E-state index in [2.05, 4.69) is 73.0 Å². The van der Waals surface area contributed by atoms with Crippen molar-refractivity contribution in [3.8, 4) is 28.7 Å². The van der Waals surface area contributed by atoms with Crippen LogP contribution in [0.25, 0.3) is 22.3 Å². The van der Waals surface area contributed by atoms with Crippen molar-refractivity contribution in [1.82, 2.24) is 29.1 Å². The second-order valence-electron chi connectivity index (χ2n) is 20.7. The maximum absolute atomic E-state index is 15.6. The van der Waals surface area contributed by atoms with Crippen molar-refractivity contribution < 1.29 is 42.3 Å². The Morgan fingerprint density at radius 1 is 0.778 bits per heavy atom. The first-order chi connectivity index (χ1) is 39.5. The highest BCUT2D eigenvalue weighted by Crippen LogP contribution is 2.58. The summed E-state index contributed by atoms with van der Waals surface area (Å²) in [6.45, 7) is 8.20. The van der Waals surface area contributed by atoms with Gasteiger partial charge in [-0.3, -0.25) is 14.3 Å². The third kappa shape index (κ3) is 10.4. The number of hydrogen-bond donors (Lipinski definition) is 1. The monoisotopic (exact) mass is 1110 g/mol. The molecule has 0 spiro atoms. The average Bonchev–Trinajstić information content (AvgIpc) is 4.45. The number of hydrogen-bond acceptors (Lipinski definition) is 14. The Hall–Kier alpha value is -8.07. The first kappa shape index (κ1) is 54.9. The summed E-state index contributed by atoms with van der Waals surface area (Å²) >= 11 is 0. The minimum Gasteiger partial charge on any atom is -0.497 e. The van der Waals surface area contributed by atoms with Gasteiger partial charge >= 0.3 is 6.09 Å². The van der Waals surface area contributed by atoms with Crippen molar-refractivity contribution in [2.75, 3.05) is 45.9 Å². The maximum Gasteiger partial charge on any atom is 0.410 e. The van der Waals surface area contributed by atoms with Crippen LogP contribution < -0.4 is 14.8 Å². The lowest BCUT2D eigenvalue weighted by Crippen LogP contribution is -2.52. The highest BCUT2D eigenvalue weighted by Gasteiger charge is 2.69. The van der Waals surface area contributed by atoms with E-state index in [1.807, 2.05) is 109 Å². The molecule has 11 rings (SSSR count). The number of benzene rings is 6. The number of carbonyl (C=O) groups excluding carboxylic acids is 2. The molecule has 2 bridgehead atoms. The average molecular weight is 1110 g/mol. The summed E-state index contributed by atoms with van der Waals surface area (Å²) in [5.74, 6) is 0.883. The molecule has 17 nitrogen and oxygen atoms in total. The van der Waals surface area contributed by atoms with Crippen molar-refractivity contribution in [2.45, 2.75) is 81.7 Å². The van der Waals surface area contributed by atoms with E-state index in [1.165, 1.54) is 6.33 Å². The molecule has 2 aliphatic heterocycles. The fraction of sp³-hybridized carbons (Fsp3) is 0.302. The van der Waals surface area contributed by atoms with Gasteiger partial charge in [0.2, 0.25) is 0 Å². The van der Waals surface area contributed by atoms with Gasteiger partial charge < -0.3 is 38.0 Å². The molecule has 2 fully saturated rings. The van der Waals surface area contributed by atoms with Crippen LogP contribution in [-0.2, 0) is 28.9 Å². The van der Waals surface area contributed by atoms with Crippen LogP contribution in [-0.4, -0.2) is 112 Å². The van der Waals surface area contributed by atoms with Gasteiger partial charge in [0.05, 0.1) is 52.8 Å². The largest absolute Gasteiger partial charge is 0.497 e. The number of aromatic nitrogens is 4. The number of nitriles is 1. The minimum atomic E-state index is -1.97. The van der Waals surface area contributed by atoms with Gasteiger partial charge in [-0.1, -0.05) is 121 Å². The topological polar surface area (TPSA) is 185 Å². The number of rotatable bonds is 21. The predicted octanol–water partition coefficient (Wildman–Crippen LogP) is 11.7. The molecule has 0 radical (unpaired) electrons. The van der Waals surface area contributed by atoms with Crippen LogP contribution in [0.5, 0.6) is 11.5 Å². The lowest BCUT2D eigenvalue weighted by atomic mass is 9.79. The summed E-state index contributed by atoms with van der Waals surface area (Å²) in [6.07, 6.45) is 0.405. The number of ether oxygens (including phenoxy) is 5. The van der Waals surface area contributed by atoms with E-state index >= 15 is 4.79 Å². The zero-order chi connectivity index (χ0) is 56.3. The number of morpholine rings is 1. The van der Waals surface area contributed by atoms with E-state index in [0.717, 1.165) is 38.9 Å². The van der Waals surface area contributed by atoms with Crippen molar-refractivity contribution in [3.63, 3.8) is 0 Å². The van der Waals surface area contributed by atoms with Gasteiger partial charge in [0.15, 0.2) is 23.2 Å². The highest BCUT2D eigenvalue weighted by atomic mass is 31.2. The van der Waals surface area contributed by atoms with E-state index in [4.69, 9.17) is 42.7 Å². The number of nitrogens with zero attached hydrogens (tertiary/aromatic N) is 7. The van der Waals surface area contributed by atoms with E-state index in [-0.39, 0.29) is 62.5 Å². The van der Waals surface area contributed by atoms with Crippen LogP contribution in [0.4, 0.5) is 10.6 Å². The zero-order valence-electron chi connectivity index (χ0n) is 45.9. The smallest absolute Gasteiger partial charge is 0.410 e. The molecule has 1 aliphatic carbocycles. The molecule has 4 heterocycles. The molecule has 0 saturated carbocycles. The summed E-state index contributed by atoms with van der Waals surface area (Å²) in [4.78, 5) is 44.9. The number of amides is 2. The summed E-state index contributed by atoms with van der Waals surface area (Å²) in [6, 6.07) is 51.9. The Morgan fingerprint density at radius 2 is 1.36 bits per heavy atom. The van der Waals surface area contributed by atoms with Gasteiger partial charge in [-0.25, -0.2) is 24.4 Å². The minimum absolute atomic E-state index is 0.0453. The molecule has 18 heteroatoms. The molecule has 1 N–H and O–H groups in total. The second-order valence-corrected chi connectivity index (χ2v) is 22.1. The molecule has 414 valence electrons. The lowest BCUT2D eigenvalue weighted by molar-refractivity contribution is -0.172. The molecule has 8 aromatic rings. The normalized spacial score (nSPS) is 18.7. The quantitative estimate of drug-likeness (QED) is 0.0407. The van der Waals surface area contributed by atoms with Crippen molar-refractivity contribution >= 4 is 37.5 Å². The van der Waals surface area contributed by atoms with Gasteiger partial charge in [-0.15, -0.1) is 0 Å². The summed E-state index contributed by atoms with van der Waals surface area (Å²) in [7, 11) is 1.28. The van der Waals surface area contributed by atoms with Crippen molar-refractivity contribution in [3.05, 3.63) is 204 Å². The summed E-state index contributed by atoms with van der Waals surface area (Å²) < 4.78 is 51.4. The van der Waals surface area contributed by atoms with E-state index < -0.39 is 44.2 Å². The Labute approximate surface area is 472 Å². The van der Waals surface area contributed by atoms with Gasteiger partial charge in [-0.2, -0.15) is 5.26 Å². The van der Waals surface area contributed by atoms with Crippen LogP contribution in [0.2, 0.25) is 0 Å². The number of likely N-dealkylation sites (tertiary alicyclic amines) is 1. The van der Waals surface area contributed by atoms with Crippen LogP contribution >= 0.6 is 8.53 Å². The molecule has 3 aliphatic rings. The maximum atomic E-state index is 15.6.